The molecule has 0 bridgehead atoms. The highest BCUT2D eigenvalue weighted by molar-refractivity contribution is 7.89. The molecule has 31 heavy (non-hydrogen) atoms. The largest absolute Gasteiger partial charge is 0.870 e. The van der Waals surface area contributed by atoms with E-state index in [9.17, 15) is 13.2 Å². The minimum atomic E-state index is -4.12. The zero-order chi connectivity index (χ0) is 22.1. The number of nitrogens with two attached hydrogens (primary N) is 1. The first-order valence-electron chi connectivity index (χ1n) is 9.00. The van der Waals surface area contributed by atoms with Crippen LogP contribution in [0.4, 0.5) is 5.69 Å². The summed E-state index contributed by atoms with van der Waals surface area (Å²) in [5.74, 6) is 0.103. The lowest BCUT2D eigenvalue weighted by Crippen LogP contribution is -2.53. The Bertz CT molecular complexity index is 1190. The van der Waals surface area contributed by atoms with Crippen LogP contribution in [0, 0.1) is 20.8 Å². The molecule has 0 saturated carbocycles. The summed E-state index contributed by atoms with van der Waals surface area (Å²) in [6.07, 6.45) is 1.53. The van der Waals surface area contributed by atoms with Crippen LogP contribution in [0.3, 0.4) is 0 Å². The molecule has 166 valence electrons. The number of nitrogens with one attached hydrogen (secondary N) is 2. The van der Waals surface area contributed by atoms with Crippen LogP contribution in [0.15, 0.2) is 52.0 Å². The molecule has 1 aromatic carbocycles. The van der Waals surface area contributed by atoms with Crippen molar-refractivity contribution in [1.29, 1.82) is 0 Å². The minimum absolute atomic E-state index is 0. The molecule has 5 N–H and O–H groups in total. The van der Waals surface area contributed by atoms with Crippen molar-refractivity contribution in [3.63, 3.8) is 0 Å². The van der Waals surface area contributed by atoms with Gasteiger partial charge in [-0.15, -0.1) is 5.43 Å². The molecule has 0 radical (unpaired) electrons. The number of sulfonamides is 1. The number of hydrogen-bond donors (Lipinski definition) is 3. The Morgan fingerprint density at radius 3 is 2.35 bits per heavy atom. The fourth-order valence-corrected chi connectivity index (χ4v) is 4.25. The van der Waals surface area contributed by atoms with E-state index in [0.29, 0.717) is 11.4 Å². The van der Waals surface area contributed by atoms with E-state index in [4.69, 9.17) is 21.2 Å². The number of aryl methyl sites for hydroxylation is 3. The number of furan rings is 1. The molecule has 0 spiro atoms. The summed E-state index contributed by atoms with van der Waals surface area (Å²) < 4.78 is 30.7. The average Bonchev–Trinajstić information content (AvgIpc) is 3.15. The second-order valence-electron chi connectivity index (χ2n) is 6.90. The number of nitrogens with zero attached hydrogens (tertiary/aromatic N) is 1. The molecule has 9 nitrogen and oxygen atoms in total. The van der Waals surface area contributed by atoms with Gasteiger partial charge < -0.3 is 15.2 Å². The maximum absolute atomic E-state index is 13.1. The second kappa shape index (κ2) is 9.48. The van der Waals surface area contributed by atoms with Crippen molar-refractivity contribution < 1.29 is 27.8 Å². The van der Waals surface area contributed by atoms with Crippen LogP contribution in [0.1, 0.15) is 33.1 Å². The first kappa shape index (κ1) is 24.4. The average molecular weight is 467 g/mol. The predicted molar refractivity (Wildman–Crippen MR) is 115 cm³/mol. The van der Waals surface area contributed by atoms with E-state index in [2.05, 4.69) is 10.7 Å². The molecule has 0 aliphatic heterocycles. The Morgan fingerprint density at radius 1 is 1.16 bits per heavy atom. The zero-order valence-corrected chi connectivity index (χ0v) is 18.7. The summed E-state index contributed by atoms with van der Waals surface area (Å²) >= 11 is 6.12. The lowest BCUT2D eigenvalue weighted by Gasteiger charge is -2.14. The molecule has 11 heteroatoms. The lowest BCUT2D eigenvalue weighted by molar-refractivity contribution is -0.654. The van der Waals surface area contributed by atoms with Crippen molar-refractivity contribution in [2.24, 2.45) is 5.14 Å². The van der Waals surface area contributed by atoms with Crippen molar-refractivity contribution in [1.82, 2.24) is 0 Å². The maximum atomic E-state index is 13.1. The van der Waals surface area contributed by atoms with E-state index in [1.165, 1.54) is 12.3 Å². The Hall–Kier alpha value is -2.92. The molecule has 2 heterocycles. The molecule has 0 unspecified atom stereocenters. The van der Waals surface area contributed by atoms with Crippen molar-refractivity contribution in [3.05, 3.63) is 76.0 Å². The molecular formula is C20H23ClN4O5S. The monoisotopic (exact) mass is 466 g/mol. The van der Waals surface area contributed by atoms with Crippen molar-refractivity contribution in [2.45, 2.75) is 32.2 Å². The second-order valence-corrected chi connectivity index (χ2v) is 8.83. The molecule has 2 aromatic heterocycles. The van der Waals surface area contributed by atoms with Gasteiger partial charge >= 0.3 is 5.91 Å². The van der Waals surface area contributed by atoms with Crippen molar-refractivity contribution >= 4 is 33.2 Å². The summed E-state index contributed by atoms with van der Waals surface area (Å²) in [4.78, 5) is 12.8. The topological polar surface area (TPSA) is 148 Å². The van der Waals surface area contributed by atoms with Gasteiger partial charge in [-0.3, -0.25) is 4.79 Å². The number of hydrogen-bond acceptors (Lipinski definition) is 6. The van der Waals surface area contributed by atoms with Crippen LogP contribution in [0.25, 0.3) is 0 Å². The summed E-state index contributed by atoms with van der Waals surface area (Å²) in [5.41, 5.74) is 5.88. The summed E-state index contributed by atoms with van der Waals surface area (Å²) in [6.45, 7) is 5.94. The van der Waals surface area contributed by atoms with E-state index < -0.39 is 15.9 Å². The number of pyridine rings is 1. The van der Waals surface area contributed by atoms with E-state index in [1.807, 2.05) is 32.9 Å². The van der Waals surface area contributed by atoms with Gasteiger partial charge in [0, 0.05) is 31.7 Å². The number of halogens is 1. The lowest BCUT2D eigenvalue weighted by atomic mass is 10.1. The first-order chi connectivity index (χ1) is 14.1. The third kappa shape index (κ3) is 5.61. The Balaban J connectivity index is 0.00000341. The van der Waals surface area contributed by atoms with E-state index >= 15 is 0 Å². The summed E-state index contributed by atoms with van der Waals surface area (Å²) in [7, 11) is -4.12. The Kier molecular flexibility index (Phi) is 7.45. The number of aromatic nitrogens is 1. The quantitative estimate of drug-likeness (QED) is 0.475. The standard InChI is InChI=1S/C20H21ClN4O4S.H2O/c1-12-7-13(2)25(14(3)8-12)24-20(26)16-9-19(30(22,27)28)17(21)10-18(16)23-11-15-5-4-6-29-15;/h4-10H,11H2,1-3H3,(H3-,22,23,24,26,27,28);1H2. The molecule has 0 atom stereocenters. The predicted octanol–water partition coefficient (Wildman–Crippen LogP) is 2.61. The van der Waals surface area contributed by atoms with E-state index in [1.54, 1.807) is 16.8 Å². The van der Waals surface area contributed by atoms with Crippen LogP contribution in [0.5, 0.6) is 0 Å². The van der Waals surface area contributed by atoms with Gasteiger partial charge in [-0.2, -0.15) is 0 Å². The molecule has 3 aromatic rings. The molecule has 0 saturated heterocycles. The Morgan fingerprint density at radius 2 is 1.81 bits per heavy atom. The Labute approximate surface area is 185 Å². The van der Waals surface area contributed by atoms with Crippen LogP contribution < -0.4 is 20.6 Å². The minimum Gasteiger partial charge on any atom is -0.870 e. The van der Waals surface area contributed by atoms with E-state index in [-0.39, 0.29) is 27.5 Å². The fourth-order valence-electron chi connectivity index (χ4n) is 3.15. The molecule has 0 aliphatic rings. The van der Waals surface area contributed by atoms with Crippen LogP contribution in [-0.4, -0.2) is 19.8 Å². The highest BCUT2D eigenvalue weighted by Gasteiger charge is 2.24. The van der Waals surface area contributed by atoms with Gasteiger partial charge in [0.05, 0.1) is 23.4 Å². The number of rotatable bonds is 6. The molecule has 3 rings (SSSR count). The number of carbonyl (C=O) groups excluding carboxylic acids is 1. The number of primary sulfonamides is 1. The highest BCUT2D eigenvalue weighted by atomic mass is 35.5. The fraction of sp³-hybridized carbons (Fsp3) is 0.200. The van der Waals surface area contributed by atoms with Gasteiger partial charge in [0.2, 0.25) is 21.4 Å². The van der Waals surface area contributed by atoms with Crippen LogP contribution in [-0.2, 0) is 16.6 Å². The van der Waals surface area contributed by atoms with E-state index in [0.717, 1.165) is 23.0 Å². The maximum Gasteiger partial charge on any atom is 0.307 e. The van der Waals surface area contributed by atoms with Gasteiger partial charge in [-0.25, -0.2) is 13.6 Å². The van der Waals surface area contributed by atoms with Gasteiger partial charge in [0.1, 0.15) is 10.7 Å². The summed E-state index contributed by atoms with van der Waals surface area (Å²) in [5, 5.41) is 8.23. The third-order valence-corrected chi connectivity index (χ3v) is 5.82. The number of benzene rings is 1. The summed E-state index contributed by atoms with van der Waals surface area (Å²) in [6, 6.07) is 9.86. The molecular weight excluding hydrogens is 444 g/mol. The molecule has 0 aliphatic carbocycles. The molecule has 1 amide bonds. The SMILES string of the molecule is Cc1cc(C)[n+](NC(=O)c2cc(S(N)(=O)=O)c(Cl)cc2NCc2ccco2)c(C)c1.[OH-]. The highest BCUT2D eigenvalue weighted by Crippen LogP contribution is 2.29. The normalized spacial score (nSPS) is 11.0. The van der Waals surface area contributed by atoms with Gasteiger partial charge in [-0.1, -0.05) is 16.3 Å². The number of carbonyl (C=O) groups is 1. The van der Waals surface area contributed by atoms with Crippen molar-refractivity contribution in [2.75, 3.05) is 10.7 Å². The van der Waals surface area contributed by atoms with Gasteiger partial charge in [-0.05, 0) is 36.8 Å². The smallest absolute Gasteiger partial charge is 0.307 e. The van der Waals surface area contributed by atoms with Crippen LogP contribution in [0.2, 0.25) is 5.02 Å². The molecule has 0 fully saturated rings. The number of amides is 1. The number of anilines is 1. The zero-order valence-electron chi connectivity index (χ0n) is 17.1. The third-order valence-electron chi connectivity index (χ3n) is 4.45. The van der Waals surface area contributed by atoms with Gasteiger partial charge in [0.25, 0.3) is 0 Å². The van der Waals surface area contributed by atoms with Gasteiger partial charge in [0.15, 0.2) is 0 Å². The first-order valence-corrected chi connectivity index (χ1v) is 10.9. The van der Waals surface area contributed by atoms with Crippen molar-refractivity contribution in [3.8, 4) is 0 Å². The van der Waals surface area contributed by atoms with Crippen LogP contribution >= 0.6 is 11.6 Å².